The first kappa shape index (κ1) is 20.4. The number of nitrogens with one attached hydrogen (secondary N) is 1. The molecule has 1 amide bonds. The molecule has 0 atom stereocenters. The van der Waals surface area contributed by atoms with Crippen LogP contribution in [0.5, 0.6) is 0 Å². The van der Waals surface area contributed by atoms with Crippen LogP contribution in [0, 0.1) is 12.8 Å². The van der Waals surface area contributed by atoms with E-state index < -0.39 is 0 Å². The van der Waals surface area contributed by atoms with Crippen molar-refractivity contribution in [2.24, 2.45) is 5.92 Å². The number of likely N-dealkylation sites (tertiary alicyclic amines) is 1. The van der Waals surface area contributed by atoms with Crippen LogP contribution in [-0.2, 0) is 11.3 Å². The summed E-state index contributed by atoms with van der Waals surface area (Å²) in [5.41, 5.74) is 4.87. The van der Waals surface area contributed by atoms with E-state index in [4.69, 9.17) is 0 Å². The molecule has 1 aliphatic heterocycles. The largest absolute Gasteiger partial charge is 0.345 e. The van der Waals surface area contributed by atoms with E-state index in [0.29, 0.717) is 0 Å². The number of aryl methyl sites for hydroxylation is 1. The number of carbonyl (C=O) groups is 1. The summed E-state index contributed by atoms with van der Waals surface area (Å²) in [7, 11) is 0. The van der Waals surface area contributed by atoms with Crippen LogP contribution in [-0.4, -0.2) is 23.9 Å². The zero-order chi connectivity index (χ0) is 20.8. The molecule has 3 nitrogen and oxygen atoms in total. The van der Waals surface area contributed by atoms with Gasteiger partial charge in [-0.25, -0.2) is 0 Å². The summed E-state index contributed by atoms with van der Waals surface area (Å²) in [6.45, 7) is 5.01. The van der Waals surface area contributed by atoms with Gasteiger partial charge in [0.2, 0.25) is 5.91 Å². The maximum atomic E-state index is 13.1. The molecule has 0 radical (unpaired) electrons. The number of benzene rings is 3. The van der Waals surface area contributed by atoms with E-state index in [1.54, 1.807) is 0 Å². The molecule has 1 fully saturated rings. The van der Waals surface area contributed by atoms with Gasteiger partial charge in [-0.15, -0.1) is 0 Å². The molecular weight excluding hydrogens is 368 g/mol. The Hall–Kier alpha value is -2.91. The lowest BCUT2D eigenvalue weighted by molar-refractivity contribution is -0.127. The van der Waals surface area contributed by atoms with Gasteiger partial charge in [0.05, 0.1) is 6.04 Å². The average molecular weight is 399 g/mol. The van der Waals surface area contributed by atoms with Crippen molar-refractivity contribution in [2.75, 3.05) is 13.1 Å². The highest BCUT2D eigenvalue weighted by Gasteiger charge is 2.27. The van der Waals surface area contributed by atoms with Crippen molar-refractivity contribution in [3.63, 3.8) is 0 Å². The van der Waals surface area contributed by atoms with Crippen molar-refractivity contribution in [2.45, 2.75) is 32.4 Å². The molecule has 0 bridgehead atoms. The van der Waals surface area contributed by atoms with Gasteiger partial charge in [-0.05, 0) is 49.5 Å². The number of hydrogen-bond acceptors (Lipinski definition) is 2. The van der Waals surface area contributed by atoms with Gasteiger partial charge in [-0.2, -0.15) is 0 Å². The maximum Gasteiger partial charge on any atom is 0.223 e. The molecule has 4 rings (SSSR count). The number of amides is 1. The number of rotatable bonds is 6. The third-order valence-corrected chi connectivity index (χ3v) is 6.04. The molecule has 1 saturated heterocycles. The second kappa shape index (κ2) is 9.73. The average Bonchev–Trinajstić information content (AvgIpc) is 2.80. The Labute approximate surface area is 179 Å². The van der Waals surface area contributed by atoms with Crippen LogP contribution in [0.4, 0.5) is 0 Å². The highest BCUT2D eigenvalue weighted by Crippen LogP contribution is 2.25. The third kappa shape index (κ3) is 5.17. The summed E-state index contributed by atoms with van der Waals surface area (Å²) >= 11 is 0. The molecule has 0 aromatic heterocycles. The third-order valence-electron chi connectivity index (χ3n) is 6.04. The van der Waals surface area contributed by atoms with Crippen LogP contribution in [0.2, 0.25) is 0 Å². The first-order valence-corrected chi connectivity index (χ1v) is 10.9. The molecule has 0 spiro atoms. The lowest BCUT2D eigenvalue weighted by Gasteiger charge is -2.32. The Morgan fingerprint density at radius 3 is 1.93 bits per heavy atom. The van der Waals surface area contributed by atoms with E-state index in [9.17, 15) is 4.79 Å². The SMILES string of the molecule is Cc1ccc(CN2CCC(C(=O)NC(c3ccccc3)c3ccccc3)CC2)cc1. The molecule has 0 unspecified atom stereocenters. The van der Waals surface area contributed by atoms with Gasteiger partial charge < -0.3 is 5.32 Å². The molecule has 30 heavy (non-hydrogen) atoms. The van der Waals surface area contributed by atoms with Crippen LogP contribution < -0.4 is 5.32 Å². The van der Waals surface area contributed by atoms with Gasteiger partial charge in [-0.1, -0.05) is 90.5 Å². The predicted octanol–water partition coefficient (Wildman–Crippen LogP) is 5.11. The Kier molecular flexibility index (Phi) is 6.60. The quantitative estimate of drug-likeness (QED) is 0.626. The van der Waals surface area contributed by atoms with E-state index in [0.717, 1.165) is 43.6 Å². The van der Waals surface area contributed by atoms with E-state index in [1.807, 2.05) is 36.4 Å². The zero-order valence-electron chi connectivity index (χ0n) is 17.6. The molecule has 3 heteroatoms. The fourth-order valence-corrected chi connectivity index (χ4v) is 4.22. The Balaban J connectivity index is 1.37. The van der Waals surface area contributed by atoms with Gasteiger partial charge in [0.1, 0.15) is 0 Å². The van der Waals surface area contributed by atoms with Gasteiger partial charge in [-0.3, -0.25) is 9.69 Å². The second-order valence-corrected chi connectivity index (χ2v) is 8.30. The Morgan fingerprint density at radius 2 is 1.40 bits per heavy atom. The lowest BCUT2D eigenvalue weighted by atomic mass is 9.93. The van der Waals surface area contributed by atoms with Crippen molar-refractivity contribution in [1.29, 1.82) is 0 Å². The summed E-state index contributed by atoms with van der Waals surface area (Å²) in [5, 5.41) is 3.33. The number of carbonyl (C=O) groups excluding carboxylic acids is 1. The molecule has 0 saturated carbocycles. The second-order valence-electron chi connectivity index (χ2n) is 8.30. The Morgan fingerprint density at radius 1 is 0.867 bits per heavy atom. The molecule has 1 aliphatic rings. The van der Waals surface area contributed by atoms with Gasteiger partial charge in [0.15, 0.2) is 0 Å². The highest BCUT2D eigenvalue weighted by molar-refractivity contribution is 5.79. The van der Waals surface area contributed by atoms with Crippen molar-refractivity contribution in [1.82, 2.24) is 10.2 Å². The van der Waals surface area contributed by atoms with Crippen molar-refractivity contribution in [3.05, 3.63) is 107 Å². The van der Waals surface area contributed by atoms with E-state index >= 15 is 0 Å². The van der Waals surface area contributed by atoms with Gasteiger partial charge in [0, 0.05) is 12.5 Å². The minimum absolute atomic E-state index is 0.0780. The molecule has 0 aliphatic carbocycles. The van der Waals surface area contributed by atoms with Crippen LogP contribution >= 0.6 is 0 Å². The van der Waals surface area contributed by atoms with Crippen LogP contribution in [0.1, 0.15) is 41.1 Å². The fourth-order valence-electron chi connectivity index (χ4n) is 4.22. The van der Waals surface area contributed by atoms with Gasteiger partial charge in [0.25, 0.3) is 0 Å². The van der Waals surface area contributed by atoms with E-state index in [2.05, 4.69) is 65.7 Å². The van der Waals surface area contributed by atoms with Crippen molar-refractivity contribution < 1.29 is 4.79 Å². The van der Waals surface area contributed by atoms with E-state index in [-0.39, 0.29) is 17.9 Å². The monoisotopic (exact) mass is 398 g/mol. The first-order valence-electron chi connectivity index (χ1n) is 10.9. The standard InChI is InChI=1S/C27H30N2O/c1-21-12-14-22(15-13-21)20-29-18-16-25(17-19-29)27(30)28-26(23-8-4-2-5-9-23)24-10-6-3-7-11-24/h2-15,25-26H,16-20H2,1H3,(H,28,30). The Bertz CT molecular complexity index is 890. The van der Waals surface area contributed by atoms with Crippen molar-refractivity contribution in [3.8, 4) is 0 Å². The minimum Gasteiger partial charge on any atom is -0.345 e. The van der Waals surface area contributed by atoms with Crippen LogP contribution in [0.25, 0.3) is 0 Å². The minimum atomic E-state index is -0.106. The summed E-state index contributed by atoms with van der Waals surface area (Å²) in [5.74, 6) is 0.247. The smallest absolute Gasteiger partial charge is 0.223 e. The number of nitrogens with zero attached hydrogens (tertiary/aromatic N) is 1. The fraction of sp³-hybridized carbons (Fsp3) is 0.296. The van der Waals surface area contributed by atoms with E-state index in [1.165, 1.54) is 11.1 Å². The zero-order valence-corrected chi connectivity index (χ0v) is 17.6. The summed E-state index contributed by atoms with van der Waals surface area (Å²) < 4.78 is 0. The van der Waals surface area contributed by atoms with Crippen LogP contribution in [0.15, 0.2) is 84.9 Å². The predicted molar refractivity (Wildman–Crippen MR) is 122 cm³/mol. The lowest BCUT2D eigenvalue weighted by Crippen LogP contribution is -2.41. The molecule has 1 heterocycles. The molecule has 154 valence electrons. The highest BCUT2D eigenvalue weighted by atomic mass is 16.1. The van der Waals surface area contributed by atoms with Crippen LogP contribution in [0.3, 0.4) is 0 Å². The summed E-state index contributed by atoms with van der Waals surface area (Å²) in [4.78, 5) is 15.6. The first-order chi connectivity index (χ1) is 14.7. The topological polar surface area (TPSA) is 32.3 Å². The summed E-state index contributed by atoms with van der Waals surface area (Å²) in [6.07, 6.45) is 1.82. The van der Waals surface area contributed by atoms with Crippen molar-refractivity contribution >= 4 is 5.91 Å². The number of hydrogen-bond donors (Lipinski definition) is 1. The molecular formula is C27H30N2O. The molecule has 1 N–H and O–H groups in total. The number of piperidine rings is 1. The maximum absolute atomic E-state index is 13.1. The van der Waals surface area contributed by atoms with Gasteiger partial charge >= 0.3 is 0 Å². The normalized spacial score (nSPS) is 15.3. The summed E-state index contributed by atoms with van der Waals surface area (Å²) in [6, 6.07) is 29.1. The molecule has 3 aromatic rings. The molecule has 3 aromatic carbocycles.